The second kappa shape index (κ2) is 16.3. The van der Waals surface area contributed by atoms with Crippen LogP contribution in [0.3, 0.4) is 0 Å². The Bertz CT molecular complexity index is 1660. The molecule has 3 aromatic carbocycles. The zero-order valence-corrected chi connectivity index (χ0v) is 29.2. The highest BCUT2D eigenvalue weighted by Gasteiger charge is 2.32. The quantitative estimate of drug-likeness (QED) is 0.0906. The third-order valence-corrected chi connectivity index (χ3v) is 7.75. The number of ether oxygens (including phenoxy) is 5. The Morgan fingerprint density at radius 2 is 1.76 bits per heavy atom. The van der Waals surface area contributed by atoms with Crippen LogP contribution in [0.1, 0.15) is 36.6 Å². The molecule has 0 radical (unpaired) electrons. The summed E-state index contributed by atoms with van der Waals surface area (Å²) in [6.45, 7) is 3.44. The van der Waals surface area contributed by atoms with E-state index in [-0.39, 0.29) is 24.5 Å². The Labute approximate surface area is 288 Å². The Morgan fingerprint density at radius 1 is 1.02 bits per heavy atom. The van der Waals surface area contributed by atoms with Gasteiger partial charge in [0.1, 0.15) is 6.61 Å². The van der Waals surface area contributed by atoms with E-state index in [4.69, 9.17) is 23.7 Å². The van der Waals surface area contributed by atoms with Crippen LogP contribution in [0.4, 0.5) is 4.79 Å². The molecule has 0 spiro atoms. The molecule has 0 aliphatic carbocycles. The van der Waals surface area contributed by atoms with Gasteiger partial charge in [-0.15, -0.1) is 0 Å². The number of hydrogen-bond acceptors (Lipinski definition) is 9. The average Bonchev–Trinajstić information content (AvgIpc) is 3.03. The summed E-state index contributed by atoms with van der Waals surface area (Å²) < 4.78 is 29.8. The van der Waals surface area contributed by atoms with Crippen molar-refractivity contribution in [3.8, 4) is 23.0 Å². The second-order valence-corrected chi connectivity index (χ2v) is 11.9. The molecule has 1 atom stereocenters. The van der Waals surface area contributed by atoms with Crippen molar-refractivity contribution in [2.24, 2.45) is 5.10 Å². The van der Waals surface area contributed by atoms with E-state index in [9.17, 15) is 14.4 Å². The lowest BCUT2D eigenvalue weighted by Gasteiger charge is -2.28. The van der Waals surface area contributed by atoms with Gasteiger partial charge in [-0.1, -0.05) is 34.1 Å². The van der Waals surface area contributed by atoms with E-state index in [0.29, 0.717) is 40.7 Å². The number of carbonyl (C=O) groups excluding carboxylic acids is 3. The van der Waals surface area contributed by atoms with Gasteiger partial charge in [0.2, 0.25) is 0 Å². The number of nitrogens with one attached hydrogen (secondary N) is 3. The maximum absolute atomic E-state index is 12.6. The Hall–Kier alpha value is -4.31. The number of hydrogen-bond donors (Lipinski definition) is 3. The Morgan fingerprint density at radius 3 is 2.46 bits per heavy atom. The van der Waals surface area contributed by atoms with Gasteiger partial charge in [0, 0.05) is 19.3 Å². The molecular weight excluding hydrogens is 775 g/mol. The van der Waals surface area contributed by atoms with E-state index in [2.05, 4.69) is 59.7 Å². The number of rotatable bonds is 13. The topological polar surface area (TPSA) is 146 Å². The van der Waals surface area contributed by atoms with Crippen LogP contribution in [0, 0.1) is 3.57 Å². The average molecular weight is 807 g/mol. The molecular formula is C32H32BrIN4O8. The lowest BCUT2D eigenvalue weighted by Crippen LogP contribution is -2.45. The minimum absolute atomic E-state index is 0.180. The first-order valence-electron chi connectivity index (χ1n) is 14.0. The largest absolute Gasteiger partial charge is 0.493 e. The summed E-state index contributed by atoms with van der Waals surface area (Å²) in [5.41, 5.74) is 5.23. The number of esters is 1. The predicted molar refractivity (Wildman–Crippen MR) is 182 cm³/mol. The minimum Gasteiger partial charge on any atom is -0.493 e. The smallest absolute Gasteiger partial charge is 0.338 e. The zero-order chi connectivity index (χ0) is 33.2. The van der Waals surface area contributed by atoms with Crippen molar-refractivity contribution in [3.63, 3.8) is 0 Å². The minimum atomic E-state index is -0.781. The number of nitrogens with zero attached hydrogens (tertiary/aromatic N) is 1. The third kappa shape index (κ3) is 8.90. The summed E-state index contributed by atoms with van der Waals surface area (Å²) in [5, 5.41) is 9.43. The van der Waals surface area contributed by atoms with Gasteiger partial charge in [0.05, 0.1) is 38.7 Å². The molecule has 3 N–H and O–H groups in total. The second-order valence-electron chi connectivity index (χ2n) is 9.72. The summed E-state index contributed by atoms with van der Waals surface area (Å²) in [5.74, 6) is 0.494. The van der Waals surface area contributed by atoms with Crippen molar-refractivity contribution < 1.29 is 38.1 Å². The maximum atomic E-state index is 12.6. The molecule has 3 amide bonds. The van der Waals surface area contributed by atoms with Crippen LogP contribution in [-0.2, 0) is 20.9 Å². The molecule has 0 saturated heterocycles. The van der Waals surface area contributed by atoms with E-state index in [1.165, 1.54) is 13.3 Å². The molecule has 1 aliphatic rings. The SMILES string of the molecule is CCOC(=O)C1=C(C)NC(=O)N[C@H]1c1ccc(OCC(=O)N/N=C/c2cc(I)cc(OC)c2OCc2ccc(Br)cc2)c(OC)c1. The van der Waals surface area contributed by atoms with E-state index in [0.717, 1.165) is 13.6 Å². The summed E-state index contributed by atoms with van der Waals surface area (Å²) in [6.07, 6.45) is 1.47. The predicted octanol–water partition coefficient (Wildman–Crippen LogP) is 5.37. The molecule has 0 bridgehead atoms. The van der Waals surface area contributed by atoms with Gasteiger partial charge >= 0.3 is 12.0 Å². The molecule has 14 heteroatoms. The van der Waals surface area contributed by atoms with E-state index in [1.807, 2.05) is 36.4 Å². The van der Waals surface area contributed by atoms with Gasteiger partial charge in [-0.3, -0.25) is 4.79 Å². The molecule has 242 valence electrons. The molecule has 1 aliphatic heterocycles. The van der Waals surface area contributed by atoms with Crippen LogP contribution in [0.15, 0.2) is 75.4 Å². The van der Waals surface area contributed by atoms with Crippen molar-refractivity contribution >= 4 is 62.6 Å². The molecule has 1 heterocycles. The number of benzene rings is 3. The molecule has 46 heavy (non-hydrogen) atoms. The Kier molecular flexibility index (Phi) is 12.3. The van der Waals surface area contributed by atoms with Crippen molar-refractivity contribution in [3.05, 3.63) is 90.6 Å². The molecule has 3 aromatic rings. The number of allylic oxidation sites excluding steroid dienone is 1. The van der Waals surface area contributed by atoms with E-state index >= 15 is 0 Å². The first-order valence-corrected chi connectivity index (χ1v) is 15.8. The fraction of sp³-hybridized carbons (Fsp3) is 0.250. The lowest BCUT2D eigenvalue weighted by atomic mass is 9.95. The normalized spacial score (nSPS) is 14.3. The molecule has 12 nitrogen and oxygen atoms in total. The highest BCUT2D eigenvalue weighted by atomic mass is 127. The maximum Gasteiger partial charge on any atom is 0.338 e. The first kappa shape index (κ1) is 34.6. The monoisotopic (exact) mass is 806 g/mol. The molecule has 0 aromatic heterocycles. The number of amides is 3. The summed E-state index contributed by atoms with van der Waals surface area (Å²) in [4.78, 5) is 37.5. The van der Waals surface area contributed by atoms with Crippen LogP contribution in [-0.4, -0.2) is 51.6 Å². The molecule has 0 fully saturated rings. The molecule has 0 saturated carbocycles. The number of urea groups is 1. The van der Waals surface area contributed by atoms with Gasteiger partial charge in [0.15, 0.2) is 29.6 Å². The first-order chi connectivity index (χ1) is 22.1. The van der Waals surface area contributed by atoms with E-state index < -0.39 is 23.9 Å². The van der Waals surface area contributed by atoms with Crippen LogP contribution in [0.25, 0.3) is 0 Å². The number of hydrazone groups is 1. The number of halogens is 2. The van der Waals surface area contributed by atoms with Crippen LogP contribution < -0.4 is 35.0 Å². The lowest BCUT2D eigenvalue weighted by molar-refractivity contribution is -0.139. The van der Waals surface area contributed by atoms with Gasteiger partial charge in [-0.2, -0.15) is 5.10 Å². The van der Waals surface area contributed by atoms with Crippen molar-refractivity contribution in [2.75, 3.05) is 27.4 Å². The highest BCUT2D eigenvalue weighted by Crippen LogP contribution is 2.35. The van der Waals surface area contributed by atoms with Crippen molar-refractivity contribution in [1.29, 1.82) is 0 Å². The molecule has 0 unspecified atom stereocenters. The third-order valence-electron chi connectivity index (χ3n) is 6.60. The van der Waals surface area contributed by atoms with E-state index in [1.54, 1.807) is 39.2 Å². The van der Waals surface area contributed by atoms with Gasteiger partial charge < -0.3 is 34.3 Å². The van der Waals surface area contributed by atoms with Crippen molar-refractivity contribution in [1.82, 2.24) is 16.1 Å². The standard InChI is InChI=1S/C32H32BrIN4O8/c1-5-44-31(40)28-18(2)36-32(41)37-29(28)20-8-11-24(25(13-20)42-3)45-17-27(39)38-35-15-21-12-23(34)14-26(43-4)30(21)46-16-19-6-9-22(33)10-7-19/h6-15,29H,5,16-17H2,1-4H3,(H,38,39)(H2,36,37,41)/b35-15+/t29-/m0/s1. The number of carbonyl (C=O) groups is 3. The van der Waals surface area contributed by atoms with Gasteiger partial charge in [0.25, 0.3) is 5.91 Å². The summed E-state index contributed by atoms with van der Waals surface area (Å²) >= 11 is 5.59. The van der Waals surface area contributed by atoms with Crippen LogP contribution >= 0.6 is 38.5 Å². The van der Waals surface area contributed by atoms with Crippen molar-refractivity contribution in [2.45, 2.75) is 26.5 Å². The Balaban J connectivity index is 1.42. The molecule has 4 rings (SSSR count). The summed E-state index contributed by atoms with van der Waals surface area (Å²) in [6, 6.07) is 15.1. The number of methoxy groups -OCH3 is 2. The fourth-order valence-electron chi connectivity index (χ4n) is 4.48. The van der Waals surface area contributed by atoms with Gasteiger partial charge in [-0.05, 0) is 84.0 Å². The highest BCUT2D eigenvalue weighted by molar-refractivity contribution is 14.1. The van der Waals surface area contributed by atoms with Crippen LogP contribution in [0.2, 0.25) is 0 Å². The van der Waals surface area contributed by atoms with Crippen LogP contribution in [0.5, 0.6) is 23.0 Å². The zero-order valence-electron chi connectivity index (χ0n) is 25.4. The van der Waals surface area contributed by atoms with Gasteiger partial charge in [-0.25, -0.2) is 15.0 Å². The summed E-state index contributed by atoms with van der Waals surface area (Å²) in [7, 11) is 2.99. The fourth-order valence-corrected chi connectivity index (χ4v) is 5.37.